The van der Waals surface area contributed by atoms with Crippen LogP contribution in [0.15, 0.2) is 42.5 Å². The number of benzene rings is 2. The zero-order chi connectivity index (χ0) is 20.2. The van der Waals surface area contributed by atoms with Crippen LogP contribution in [-0.4, -0.2) is 32.3 Å². The van der Waals surface area contributed by atoms with Crippen LogP contribution < -0.4 is 4.72 Å². The van der Waals surface area contributed by atoms with Crippen molar-refractivity contribution in [2.75, 3.05) is 7.05 Å². The molecule has 0 fully saturated rings. The van der Waals surface area contributed by atoms with Gasteiger partial charge in [0.15, 0.2) is 0 Å². The van der Waals surface area contributed by atoms with E-state index in [1.807, 2.05) is 13.8 Å². The van der Waals surface area contributed by atoms with Gasteiger partial charge in [0, 0.05) is 25.2 Å². The molecular formula is C19H22Cl2N2O3S. The van der Waals surface area contributed by atoms with Crippen molar-refractivity contribution in [3.8, 4) is 0 Å². The summed E-state index contributed by atoms with van der Waals surface area (Å²) < 4.78 is 27.1. The molecule has 1 N–H and O–H groups in total. The Bertz CT molecular complexity index is 913. The Morgan fingerprint density at radius 1 is 1.04 bits per heavy atom. The monoisotopic (exact) mass is 428 g/mol. The van der Waals surface area contributed by atoms with Gasteiger partial charge in [-0.05, 0) is 49.2 Å². The molecule has 0 saturated carbocycles. The number of halogens is 2. The fraction of sp³-hybridized carbons (Fsp3) is 0.316. The molecule has 0 radical (unpaired) electrons. The van der Waals surface area contributed by atoms with Crippen molar-refractivity contribution in [3.05, 3.63) is 69.2 Å². The van der Waals surface area contributed by atoms with Gasteiger partial charge < -0.3 is 4.90 Å². The lowest BCUT2D eigenvalue weighted by Gasteiger charge is -2.21. The summed E-state index contributed by atoms with van der Waals surface area (Å²) in [6.45, 7) is 4.02. The van der Waals surface area contributed by atoms with Gasteiger partial charge in [-0.3, -0.25) is 4.79 Å². The van der Waals surface area contributed by atoms with Crippen molar-refractivity contribution in [1.29, 1.82) is 0 Å². The first-order valence-electron chi connectivity index (χ1n) is 8.36. The SMILES string of the molecule is CC(C)N(C)C(=O)c1ccc(CNS(=O)(=O)Cc2ccc(Cl)c(Cl)c2)cc1. The van der Waals surface area contributed by atoms with Crippen LogP contribution in [0.5, 0.6) is 0 Å². The summed E-state index contributed by atoms with van der Waals surface area (Å²) in [5, 5.41) is 0.694. The minimum atomic E-state index is -3.54. The molecule has 0 bridgehead atoms. The molecular weight excluding hydrogens is 407 g/mol. The molecule has 2 aromatic carbocycles. The summed E-state index contributed by atoms with van der Waals surface area (Å²) in [4.78, 5) is 13.9. The van der Waals surface area contributed by atoms with E-state index in [0.717, 1.165) is 5.56 Å². The Balaban J connectivity index is 1.99. The normalized spacial score (nSPS) is 11.6. The number of carbonyl (C=O) groups is 1. The summed E-state index contributed by atoms with van der Waals surface area (Å²) in [6.07, 6.45) is 0. The van der Waals surface area contributed by atoms with Crippen LogP contribution >= 0.6 is 23.2 Å². The number of hydrogen-bond donors (Lipinski definition) is 1. The number of hydrogen-bond acceptors (Lipinski definition) is 3. The van der Waals surface area contributed by atoms with Crippen molar-refractivity contribution in [2.45, 2.75) is 32.2 Å². The molecule has 27 heavy (non-hydrogen) atoms. The zero-order valence-electron chi connectivity index (χ0n) is 15.4. The Morgan fingerprint density at radius 2 is 1.63 bits per heavy atom. The van der Waals surface area contributed by atoms with Crippen molar-refractivity contribution in [2.24, 2.45) is 0 Å². The molecule has 0 saturated heterocycles. The van der Waals surface area contributed by atoms with Crippen LogP contribution in [0.4, 0.5) is 0 Å². The van der Waals surface area contributed by atoms with E-state index in [2.05, 4.69) is 4.72 Å². The van der Waals surface area contributed by atoms with E-state index in [1.165, 1.54) is 6.07 Å². The van der Waals surface area contributed by atoms with Gasteiger partial charge in [-0.15, -0.1) is 0 Å². The third-order valence-corrected chi connectivity index (χ3v) is 6.17. The molecule has 0 aliphatic carbocycles. The molecule has 0 aliphatic rings. The van der Waals surface area contributed by atoms with Gasteiger partial charge in [0.1, 0.15) is 0 Å². The predicted molar refractivity (Wildman–Crippen MR) is 110 cm³/mol. The average molecular weight is 429 g/mol. The highest BCUT2D eigenvalue weighted by molar-refractivity contribution is 7.88. The second kappa shape index (κ2) is 9.06. The fourth-order valence-electron chi connectivity index (χ4n) is 2.30. The minimum absolute atomic E-state index is 0.0725. The molecule has 0 heterocycles. The van der Waals surface area contributed by atoms with Crippen LogP contribution in [-0.2, 0) is 22.3 Å². The third-order valence-electron chi connectivity index (χ3n) is 4.13. The maximum atomic E-state index is 12.3. The molecule has 0 atom stereocenters. The van der Waals surface area contributed by atoms with Gasteiger partial charge in [0.05, 0.1) is 15.8 Å². The first kappa shape index (κ1) is 21.7. The molecule has 0 unspecified atom stereocenters. The highest BCUT2D eigenvalue weighted by Gasteiger charge is 2.15. The van der Waals surface area contributed by atoms with E-state index in [0.29, 0.717) is 21.2 Å². The van der Waals surface area contributed by atoms with Crippen LogP contribution in [0, 0.1) is 0 Å². The predicted octanol–water partition coefficient (Wildman–Crippen LogP) is 4.09. The van der Waals surface area contributed by atoms with Gasteiger partial charge in [0.25, 0.3) is 5.91 Å². The topological polar surface area (TPSA) is 66.5 Å². The van der Waals surface area contributed by atoms with Gasteiger partial charge in [-0.25, -0.2) is 13.1 Å². The number of nitrogens with one attached hydrogen (secondary N) is 1. The summed E-state index contributed by atoms with van der Waals surface area (Å²) in [7, 11) is -1.79. The van der Waals surface area contributed by atoms with E-state index in [4.69, 9.17) is 23.2 Å². The number of nitrogens with zero attached hydrogens (tertiary/aromatic N) is 1. The molecule has 0 aliphatic heterocycles. The lowest BCUT2D eigenvalue weighted by molar-refractivity contribution is 0.0755. The Labute approximate surface area is 170 Å². The van der Waals surface area contributed by atoms with Gasteiger partial charge in [-0.2, -0.15) is 0 Å². The lowest BCUT2D eigenvalue weighted by Crippen LogP contribution is -2.32. The van der Waals surface area contributed by atoms with Crippen LogP contribution in [0.2, 0.25) is 10.0 Å². The average Bonchev–Trinajstić information content (AvgIpc) is 2.62. The van der Waals surface area contributed by atoms with Crippen molar-refractivity contribution < 1.29 is 13.2 Å². The Hall–Kier alpha value is -1.60. The zero-order valence-corrected chi connectivity index (χ0v) is 17.7. The van der Waals surface area contributed by atoms with E-state index >= 15 is 0 Å². The summed E-state index contributed by atoms with van der Waals surface area (Å²) in [5.41, 5.74) is 1.87. The number of rotatable bonds is 7. The van der Waals surface area contributed by atoms with Crippen molar-refractivity contribution in [3.63, 3.8) is 0 Å². The van der Waals surface area contributed by atoms with E-state index < -0.39 is 10.0 Å². The second-order valence-corrected chi connectivity index (χ2v) is 9.16. The fourth-order valence-corrected chi connectivity index (χ4v) is 3.72. The second-order valence-electron chi connectivity index (χ2n) is 6.54. The van der Waals surface area contributed by atoms with Crippen LogP contribution in [0.25, 0.3) is 0 Å². The standard InChI is InChI=1S/C19H22Cl2N2O3S/c1-13(2)23(3)19(24)16-7-4-14(5-8-16)11-22-27(25,26)12-15-6-9-17(20)18(21)10-15/h4-10,13,22H,11-12H2,1-3H3. The summed E-state index contributed by atoms with van der Waals surface area (Å²) in [6, 6.07) is 11.7. The highest BCUT2D eigenvalue weighted by atomic mass is 35.5. The number of sulfonamides is 1. The number of carbonyl (C=O) groups excluding carboxylic acids is 1. The maximum absolute atomic E-state index is 12.3. The quantitative estimate of drug-likeness (QED) is 0.721. The molecule has 1 amide bonds. The van der Waals surface area contributed by atoms with Crippen molar-refractivity contribution in [1.82, 2.24) is 9.62 Å². The van der Waals surface area contributed by atoms with E-state index in [-0.39, 0.29) is 24.2 Å². The molecule has 8 heteroatoms. The van der Waals surface area contributed by atoms with Gasteiger partial charge in [0.2, 0.25) is 10.0 Å². The van der Waals surface area contributed by atoms with Gasteiger partial charge in [-0.1, -0.05) is 41.4 Å². The molecule has 0 aromatic heterocycles. The molecule has 0 spiro atoms. The summed E-state index contributed by atoms with van der Waals surface area (Å²) in [5.74, 6) is -0.267. The highest BCUT2D eigenvalue weighted by Crippen LogP contribution is 2.23. The molecule has 2 aromatic rings. The van der Waals surface area contributed by atoms with Crippen LogP contribution in [0.1, 0.15) is 35.3 Å². The minimum Gasteiger partial charge on any atom is -0.339 e. The van der Waals surface area contributed by atoms with E-state index in [1.54, 1.807) is 48.3 Å². The Morgan fingerprint density at radius 3 is 2.19 bits per heavy atom. The first-order valence-corrected chi connectivity index (χ1v) is 10.8. The molecule has 5 nitrogen and oxygen atoms in total. The molecule has 2 rings (SSSR count). The first-order chi connectivity index (χ1) is 12.6. The van der Waals surface area contributed by atoms with Gasteiger partial charge >= 0.3 is 0 Å². The van der Waals surface area contributed by atoms with E-state index in [9.17, 15) is 13.2 Å². The van der Waals surface area contributed by atoms with Crippen LogP contribution in [0.3, 0.4) is 0 Å². The molecule has 146 valence electrons. The smallest absolute Gasteiger partial charge is 0.253 e. The van der Waals surface area contributed by atoms with Crippen molar-refractivity contribution >= 4 is 39.1 Å². The maximum Gasteiger partial charge on any atom is 0.253 e. The third kappa shape index (κ3) is 6.21. The largest absolute Gasteiger partial charge is 0.339 e. The number of amides is 1. The lowest BCUT2D eigenvalue weighted by atomic mass is 10.1. The summed E-state index contributed by atoms with van der Waals surface area (Å²) >= 11 is 11.8. The Kier molecular flexibility index (Phi) is 7.28.